The van der Waals surface area contributed by atoms with Gasteiger partial charge in [-0.2, -0.15) is 0 Å². The van der Waals surface area contributed by atoms with E-state index >= 15 is 0 Å². The average Bonchev–Trinajstić information content (AvgIpc) is 2.99. The third kappa shape index (κ3) is 8.39. The van der Waals surface area contributed by atoms with Gasteiger partial charge >= 0.3 is 0 Å². The molecule has 42 heavy (non-hydrogen) atoms. The van der Waals surface area contributed by atoms with Gasteiger partial charge in [0.25, 0.3) is 0 Å². The van der Waals surface area contributed by atoms with Crippen LogP contribution in [0, 0.1) is 17.5 Å². The minimum Gasteiger partial charge on any atom is -0.320 e. The zero-order chi connectivity index (χ0) is 29.9. The predicted octanol–water partition coefficient (Wildman–Crippen LogP) is 8.17. The quantitative estimate of drug-likeness (QED) is 0.162. The molecule has 0 fully saturated rings. The van der Waals surface area contributed by atoms with Gasteiger partial charge in [0.15, 0.2) is 0 Å². The standard InChI is InChI=1S/C15H12FNO.C9H5ClFN.C9H6FNO/c16-13-8-4-5-9-14(13)17-15(18)11-10-12-6-2-1-3-7-12;10-8-5-4-6-2-1-3-7(11)9(6)12-8;10-7-3-1-2-6-4-5-8(12)11-9(6)7/h1-11H,(H,17,18);1-5H;1-5H,(H,11,12)/b11-10+;;. The van der Waals surface area contributed by atoms with E-state index in [2.05, 4.69) is 15.3 Å². The Morgan fingerprint density at radius 3 is 2.12 bits per heavy atom. The Kier molecular flexibility index (Phi) is 10.2. The van der Waals surface area contributed by atoms with Crippen LogP contribution in [0.5, 0.6) is 0 Å². The lowest BCUT2D eigenvalue weighted by molar-refractivity contribution is -0.111. The molecule has 1 amide bonds. The van der Waals surface area contributed by atoms with Crippen LogP contribution in [0.4, 0.5) is 18.9 Å². The van der Waals surface area contributed by atoms with Gasteiger partial charge in [-0.1, -0.05) is 78.3 Å². The van der Waals surface area contributed by atoms with Gasteiger partial charge in [0.1, 0.15) is 28.1 Å². The molecule has 2 heterocycles. The van der Waals surface area contributed by atoms with E-state index in [1.165, 1.54) is 36.4 Å². The zero-order valence-corrected chi connectivity index (χ0v) is 22.7. The van der Waals surface area contributed by atoms with Gasteiger partial charge in [-0.15, -0.1) is 0 Å². The number of fused-ring (bicyclic) bond motifs is 2. The lowest BCUT2D eigenvalue weighted by atomic mass is 10.2. The summed E-state index contributed by atoms with van der Waals surface area (Å²) in [5.41, 5.74) is 1.41. The molecule has 0 saturated heterocycles. The summed E-state index contributed by atoms with van der Waals surface area (Å²) in [5, 5.41) is 4.26. The summed E-state index contributed by atoms with van der Waals surface area (Å²) < 4.78 is 39.3. The maximum Gasteiger partial charge on any atom is 0.248 e. The summed E-state index contributed by atoms with van der Waals surface area (Å²) in [6, 6.07) is 31.3. The van der Waals surface area contributed by atoms with Crippen LogP contribution < -0.4 is 10.9 Å². The first kappa shape index (κ1) is 29.8. The van der Waals surface area contributed by atoms with E-state index in [4.69, 9.17) is 11.6 Å². The van der Waals surface area contributed by atoms with Crippen LogP contribution >= 0.6 is 11.6 Å². The molecule has 0 aliphatic heterocycles. The van der Waals surface area contributed by atoms with Gasteiger partial charge in [-0.25, -0.2) is 18.2 Å². The van der Waals surface area contributed by atoms with Crippen LogP contribution in [0.3, 0.4) is 0 Å². The maximum absolute atomic E-state index is 13.3. The van der Waals surface area contributed by atoms with E-state index in [0.29, 0.717) is 16.1 Å². The average molecular weight is 586 g/mol. The highest BCUT2D eigenvalue weighted by Gasteiger charge is 2.03. The Hall–Kier alpha value is -5.21. The minimum absolute atomic E-state index is 0.181. The lowest BCUT2D eigenvalue weighted by Crippen LogP contribution is -2.08. The number of carbonyl (C=O) groups excluding carboxylic acids is 1. The summed E-state index contributed by atoms with van der Waals surface area (Å²) in [4.78, 5) is 28.7. The lowest BCUT2D eigenvalue weighted by Gasteiger charge is -2.02. The highest BCUT2D eigenvalue weighted by Crippen LogP contribution is 2.18. The van der Waals surface area contributed by atoms with Crippen LogP contribution in [0.15, 0.2) is 126 Å². The first-order valence-electron chi connectivity index (χ1n) is 12.6. The molecule has 0 aliphatic rings. The molecule has 6 aromatic rings. The fourth-order valence-electron chi connectivity index (χ4n) is 3.70. The van der Waals surface area contributed by atoms with Crippen LogP contribution in [0.25, 0.3) is 27.9 Å². The Morgan fingerprint density at radius 2 is 1.36 bits per heavy atom. The van der Waals surface area contributed by atoms with E-state index in [-0.39, 0.29) is 28.5 Å². The molecule has 0 spiro atoms. The zero-order valence-electron chi connectivity index (χ0n) is 21.9. The van der Waals surface area contributed by atoms with E-state index in [1.807, 2.05) is 30.3 Å². The summed E-state index contributed by atoms with van der Waals surface area (Å²) >= 11 is 5.61. The Labute approximate surface area is 243 Å². The van der Waals surface area contributed by atoms with E-state index in [1.54, 1.807) is 60.7 Å². The number of rotatable bonds is 3. The summed E-state index contributed by atoms with van der Waals surface area (Å²) in [6.07, 6.45) is 3.05. The topological polar surface area (TPSA) is 74.8 Å². The molecule has 0 atom stereocenters. The monoisotopic (exact) mass is 585 g/mol. The molecule has 0 saturated carbocycles. The summed E-state index contributed by atoms with van der Waals surface area (Å²) in [5.74, 6) is -1.54. The second-order valence-electron chi connectivity index (χ2n) is 8.69. The molecule has 9 heteroatoms. The van der Waals surface area contributed by atoms with E-state index < -0.39 is 11.6 Å². The number of para-hydroxylation sites is 3. The van der Waals surface area contributed by atoms with Crippen molar-refractivity contribution in [3.05, 3.63) is 160 Å². The third-order valence-corrected chi connectivity index (χ3v) is 5.91. The predicted molar refractivity (Wildman–Crippen MR) is 162 cm³/mol. The summed E-state index contributed by atoms with van der Waals surface area (Å²) in [7, 11) is 0. The highest BCUT2D eigenvalue weighted by atomic mass is 35.5. The van der Waals surface area contributed by atoms with Crippen molar-refractivity contribution in [3.8, 4) is 0 Å². The van der Waals surface area contributed by atoms with Gasteiger partial charge in [-0.05, 0) is 54.1 Å². The van der Waals surface area contributed by atoms with E-state index in [9.17, 15) is 22.8 Å². The number of hydrogen-bond acceptors (Lipinski definition) is 3. The van der Waals surface area contributed by atoms with Crippen molar-refractivity contribution >= 4 is 51.1 Å². The van der Waals surface area contributed by atoms with Crippen LogP contribution in [0.2, 0.25) is 5.15 Å². The molecule has 6 rings (SSSR count). The number of aromatic nitrogens is 2. The smallest absolute Gasteiger partial charge is 0.248 e. The highest BCUT2D eigenvalue weighted by molar-refractivity contribution is 6.29. The van der Waals surface area contributed by atoms with Gasteiger partial charge in [0, 0.05) is 22.9 Å². The number of pyridine rings is 2. The van der Waals surface area contributed by atoms with Crippen molar-refractivity contribution < 1.29 is 18.0 Å². The van der Waals surface area contributed by atoms with Crippen LogP contribution in [0.1, 0.15) is 5.56 Å². The van der Waals surface area contributed by atoms with Crippen LogP contribution in [-0.2, 0) is 4.79 Å². The van der Waals surface area contributed by atoms with Gasteiger partial charge in [0.05, 0.1) is 11.2 Å². The number of hydrogen-bond donors (Lipinski definition) is 2. The Balaban J connectivity index is 0.000000149. The molecule has 5 nitrogen and oxygen atoms in total. The fraction of sp³-hybridized carbons (Fsp3) is 0. The molecule has 0 radical (unpaired) electrons. The second-order valence-corrected chi connectivity index (χ2v) is 9.07. The minimum atomic E-state index is -0.445. The normalized spacial score (nSPS) is 10.5. The van der Waals surface area contributed by atoms with Crippen molar-refractivity contribution in [1.82, 2.24) is 9.97 Å². The number of halogens is 4. The first-order valence-corrected chi connectivity index (χ1v) is 12.9. The van der Waals surface area contributed by atoms with Gasteiger partial charge < -0.3 is 10.3 Å². The molecular formula is C33H23ClF3N3O2. The number of H-pyrrole nitrogens is 1. The molecule has 0 bridgehead atoms. The van der Waals surface area contributed by atoms with Crippen LogP contribution in [-0.4, -0.2) is 15.9 Å². The van der Waals surface area contributed by atoms with Gasteiger partial charge in [0.2, 0.25) is 11.5 Å². The van der Waals surface area contributed by atoms with Crippen molar-refractivity contribution in [1.29, 1.82) is 0 Å². The van der Waals surface area contributed by atoms with E-state index in [0.717, 1.165) is 10.9 Å². The number of anilines is 1. The molecule has 4 aromatic carbocycles. The van der Waals surface area contributed by atoms with Crippen molar-refractivity contribution in [3.63, 3.8) is 0 Å². The number of nitrogens with zero attached hydrogens (tertiary/aromatic N) is 1. The molecule has 210 valence electrons. The maximum atomic E-state index is 13.3. The largest absolute Gasteiger partial charge is 0.320 e. The number of nitrogens with one attached hydrogen (secondary N) is 2. The fourth-order valence-corrected chi connectivity index (χ4v) is 3.85. The third-order valence-electron chi connectivity index (χ3n) is 5.70. The molecular weight excluding hydrogens is 563 g/mol. The molecule has 0 aliphatic carbocycles. The van der Waals surface area contributed by atoms with Crippen molar-refractivity contribution in [2.24, 2.45) is 0 Å². The Bertz CT molecular complexity index is 1910. The number of amides is 1. The number of benzene rings is 4. The van der Waals surface area contributed by atoms with Gasteiger partial charge in [-0.3, -0.25) is 9.59 Å². The Morgan fingerprint density at radius 1 is 0.714 bits per heavy atom. The first-order chi connectivity index (χ1) is 20.3. The number of carbonyl (C=O) groups is 1. The number of aromatic amines is 1. The summed E-state index contributed by atoms with van der Waals surface area (Å²) in [6.45, 7) is 0. The molecule has 2 aromatic heterocycles. The van der Waals surface area contributed by atoms with Crippen molar-refractivity contribution in [2.45, 2.75) is 0 Å². The SMILES string of the molecule is Fc1cccc2ccc(Cl)nc12.O=C(/C=C/c1ccccc1)Nc1ccccc1F.O=c1ccc2cccc(F)c2[nH]1. The molecule has 2 N–H and O–H groups in total. The second kappa shape index (κ2) is 14.4. The van der Waals surface area contributed by atoms with Crippen molar-refractivity contribution in [2.75, 3.05) is 5.32 Å². The molecule has 0 unspecified atom stereocenters.